The van der Waals surface area contributed by atoms with Crippen LogP contribution in [0, 0.1) is 0 Å². The summed E-state index contributed by atoms with van der Waals surface area (Å²) >= 11 is 0. The number of hydrogen-bond donors (Lipinski definition) is 1. The fraction of sp³-hybridized carbons (Fsp3) is 0.120. The highest BCUT2D eigenvalue weighted by Gasteiger charge is 2.08. The molecule has 4 rings (SSSR count). The third kappa shape index (κ3) is 3.96. The van der Waals surface area contributed by atoms with Crippen molar-refractivity contribution >= 4 is 22.6 Å². The molecule has 5 nitrogen and oxygen atoms in total. The molecule has 0 unspecified atom stereocenters. The number of carbonyl (C=O) groups is 1. The van der Waals surface area contributed by atoms with Crippen molar-refractivity contribution in [1.82, 2.24) is 0 Å². The molecule has 4 aromatic rings. The largest absolute Gasteiger partial charge is 0.497 e. The molecule has 0 spiro atoms. The Morgan fingerprint density at radius 1 is 1.03 bits per heavy atom. The van der Waals surface area contributed by atoms with Crippen molar-refractivity contribution in [1.29, 1.82) is 0 Å². The maximum Gasteiger partial charge on any atom is 0.335 e. The van der Waals surface area contributed by atoms with E-state index in [0.717, 1.165) is 28.5 Å². The summed E-state index contributed by atoms with van der Waals surface area (Å²) in [7, 11) is 1.63. The van der Waals surface area contributed by atoms with Crippen LogP contribution in [-0.4, -0.2) is 18.2 Å². The number of ether oxygens (including phenoxy) is 1. The first-order valence-electron chi connectivity index (χ1n) is 9.66. The van der Waals surface area contributed by atoms with Crippen LogP contribution in [0.1, 0.15) is 22.8 Å². The van der Waals surface area contributed by atoms with Gasteiger partial charge in [-0.1, -0.05) is 19.1 Å². The van der Waals surface area contributed by atoms with E-state index >= 15 is 0 Å². The Labute approximate surface area is 173 Å². The fourth-order valence-corrected chi connectivity index (χ4v) is 3.27. The van der Waals surface area contributed by atoms with Gasteiger partial charge in [-0.15, -0.1) is 0 Å². The number of rotatable bonds is 5. The highest BCUT2D eigenvalue weighted by molar-refractivity contribution is 5.88. The summed E-state index contributed by atoms with van der Waals surface area (Å²) in [4.78, 5) is 16.1. The van der Waals surface area contributed by atoms with Gasteiger partial charge in [0.15, 0.2) is 0 Å². The molecule has 1 N–H and O–H groups in total. The summed E-state index contributed by atoms with van der Waals surface area (Å²) in [5.74, 6) is 0.456. The topological polar surface area (TPSA) is 72.0 Å². The number of nitrogens with zero attached hydrogens (tertiary/aromatic N) is 1. The number of fused-ring (bicyclic) bond motifs is 1. The molecule has 0 aliphatic rings. The average Bonchev–Trinajstić information content (AvgIpc) is 2.79. The Morgan fingerprint density at radius 2 is 1.83 bits per heavy atom. The van der Waals surface area contributed by atoms with Gasteiger partial charge in [-0.3, -0.25) is 0 Å². The normalized spacial score (nSPS) is 11.6. The molecule has 30 heavy (non-hydrogen) atoms. The molecule has 0 bridgehead atoms. The molecule has 0 aliphatic carbocycles. The minimum Gasteiger partial charge on any atom is -0.497 e. The molecule has 5 heteroatoms. The molecule has 0 atom stereocenters. The Balaban J connectivity index is 1.95. The summed E-state index contributed by atoms with van der Waals surface area (Å²) in [6.45, 7) is 2.09. The lowest BCUT2D eigenvalue weighted by atomic mass is 10.1. The Bertz CT molecular complexity index is 1290. The average molecular weight is 399 g/mol. The molecular formula is C25H21NO4. The Kier molecular flexibility index (Phi) is 5.35. The lowest BCUT2D eigenvalue weighted by Crippen LogP contribution is -2.04. The van der Waals surface area contributed by atoms with Gasteiger partial charge >= 0.3 is 5.97 Å². The van der Waals surface area contributed by atoms with E-state index in [2.05, 4.69) is 13.0 Å². The van der Waals surface area contributed by atoms with Crippen molar-refractivity contribution in [2.75, 3.05) is 7.11 Å². The molecular weight excluding hydrogens is 378 g/mol. The van der Waals surface area contributed by atoms with Gasteiger partial charge in [0.25, 0.3) is 0 Å². The predicted octanol–water partition coefficient (Wildman–Crippen LogP) is 5.60. The molecule has 0 radical (unpaired) electrons. The number of hydrogen-bond acceptors (Lipinski definition) is 4. The molecule has 0 saturated carbocycles. The van der Waals surface area contributed by atoms with Gasteiger partial charge < -0.3 is 14.3 Å². The maximum atomic E-state index is 11.3. The molecule has 1 heterocycles. The van der Waals surface area contributed by atoms with Crippen molar-refractivity contribution < 1.29 is 19.1 Å². The van der Waals surface area contributed by atoms with E-state index in [1.54, 1.807) is 31.4 Å². The minimum atomic E-state index is -0.979. The molecule has 0 saturated heterocycles. The van der Waals surface area contributed by atoms with Gasteiger partial charge in [0.1, 0.15) is 17.1 Å². The third-order valence-electron chi connectivity index (χ3n) is 4.93. The van der Waals surface area contributed by atoms with Crippen LogP contribution in [0.3, 0.4) is 0 Å². The maximum absolute atomic E-state index is 11.3. The first kappa shape index (κ1) is 19.5. The number of carboxylic acid groups (broad SMARTS) is 1. The third-order valence-corrected chi connectivity index (χ3v) is 4.93. The zero-order valence-electron chi connectivity index (χ0n) is 16.8. The van der Waals surface area contributed by atoms with Crippen molar-refractivity contribution in [2.24, 2.45) is 4.99 Å². The van der Waals surface area contributed by atoms with Crippen molar-refractivity contribution in [3.05, 3.63) is 89.3 Å². The van der Waals surface area contributed by atoms with Gasteiger partial charge in [-0.2, -0.15) is 0 Å². The summed E-state index contributed by atoms with van der Waals surface area (Å²) in [5, 5.41) is 10.9. The van der Waals surface area contributed by atoms with E-state index in [9.17, 15) is 9.90 Å². The molecule has 0 fully saturated rings. The zero-order valence-corrected chi connectivity index (χ0v) is 16.8. The number of methoxy groups -OCH3 is 1. The summed E-state index contributed by atoms with van der Waals surface area (Å²) in [6, 6.07) is 22.2. The second kappa shape index (κ2) is 8.25. The lowest BCUT2D eigenvalue weighted by Gasteiger charge is -2.07. The molecule has 3 aromatic carbocycles. The van der Waals surface area contributed by atoms with E-state index in [0.29, 0.717) is 17.0 Å². The van der Waals surface area contributed by atoms with Crippen LogP contribution in [0.15, 0.2) is 82.2 Å². The van der Waals surface area contributed by atoms with Crippen LogP contribution in [0.25, 0.3) is 22.3 Å². The van der Waals surface area contributed by atoms with Crippen molar-refractivity contribution in [3.8, 4) is 17.1 Å². The number of carboxylic acids is 1. The minimum absolute atomic E-state index is 0.200. The van der Waals surface area contributed by atoms with Gasteiger partial charge in [0.2, 0.25) is 0 Å². The first-order valence-corrected chi connectivity index (χ1v) is 9.66. The quantitative estimate of drug-likeness (QED) is 0.474. The number of aryl methyl sites for hydroxylation is 1. The van der Waals surface area contributed by atoms with Crippen molar-refractivity contribution in [2.45, 2.75) is 13.3 Å². The monoisotopic (exact) mass is 399 g/mol. The second-order valence-corrected chi connectivity index (χ2v) is 6.88. The van der Waals surface area contributed by atoms with Crippen LogP contribution < -0.4 is 10.1 Å². The smallest absolute Gasteiger partial charge is 0.335 e. The highest BCUT2D eigenvalue weighted by atomic mass is 16.5. The lowest BCUT2D eigenvalue weighted by molar-refractivity contribution is 0.0697. The van der Waals surface area contributed by atoms with Crippen LogP contribution >= 0.6 is 0 Å². The molecule has 1 aromatic heterocycles. The van der Waals surface area contributed by atoms with Crippen LogP contribution in [-0.2, 0) is 6.42 Å². The highest BCUT2D eigenvalue weighted by Crippen LogP contribution is 2.25. The summed E-state index contributed by atoms with van der Waals surface area (Å²) in [5.41, 5.74) is 3.56. The SMILES string of the molecule is CCc1ccc2oc(-c3ccc(OC)cc3)cc(=Nc3cccc(C(=O)O)c3)c2c1. The molecule has 150 valence electrons. The Hall–Kier alpha value is -3.86. The van der Waals surface area contributed by atoms with E-state index in [1.807, 2.05) is 42.5 Å². The van der Waals surface area contributed by atoms with E-state index < -0.39 is 5.97 Å². The Morgan fingerprint density at radius 3 is 2.53 bits per heavy atom. The summed E-state index contributed by atoms with van der Waals surface area (Å²) in [6.07, 6.45) is 0.893. The van der Waals surface area contributed by atoms with Gasteiger partial charge in [-0.05, 0) is 66.6 Å². The van der Waals surface area contributed by atoms with E-state index in [4.69, 9.17) is 14.1 Å². The molecule has 0 amide bonds. The van der Waals surface area contributed by atoms with E-state index in [1.165, 1.54) is 5.56 Å². The fourth-order valence-electron chi connectivity index (χ4n) is 3.27. The van der Waals surface area contributed by atoms with E-state index in [-0.39, 0.29) is 5.56 Å². The summed E-state index contributed by atoms with van der Waals surface area (Å²) < 4.78 is 11.4. The molecule has 0 aliphatic heterocycles. The van der Waals surface area contributed by atoms with Gasteiger partial charge in [0.05, 0.1) is 23.7 Å². The second-order valence-electron chi connectivity index (χ2n) is 6.88. The van der Waals surface area contributed by atoms with Crippen molar-refractivity contribution in [3.63, 3.8) is 0 Å². The predicted molar refractivity (Wildman–Crippen MR) is 116 cm³/mol. The standard InChI is InChI=1S/C25H21NO4/c1-3-16-7-12-23-21(13-16)22(26-19-6-4-5-18(14-19)25(27)28)15-24(30-23)17-8-10-20(29-2)11-9-17/h4-15H,3H2,1-2H3,(H,27,28). The van der Waals surface area contributed by atoms with Crippen LogP contribution in [0.2, 0.25) is 0 Å². The van der Waals surface area contributed by atoms with Gasteiger partial charge in [-0.25, -0.2) is 9.79 Å². The zero-order chi connectivity index (χ0) is 21.1. The van der Waals surface area contributed by atoms with Gasteiger partial charge in [0, 0.05) is 17.0 Å². The first-order chi connectivity index (χ1) is 14.6. The number of benzene rings is 3. The number of aromatic carboxylic acids is 1. The van der Waals surface area contributed by atoms with Crippen LogP contribution in [0.5, 0.6) is 5.75 Å². The van der Waals surface area contributed by atoms with Crippen LogP contribution in [0.4, 0.5) is 5.69 Å².